The van der Waals surface area contributed by atoms with Gasteiger partial charge in [0, 0.05) is 11.6 Å². The second-order valence-corrected chi connectivity index (χ2v) is 3.96. The maximum Gasteiger partial charge on any atom is 0.251 e. The predicted octanol–water partition coefficient (Wildman–Crippen LogP) is 1.46. The molecule has 1 fully saturated rings. The lowest BCUT2D eigenvalue weighted by molar-refractivity contribution is 0.0917. The SMILES string of the molecule is O=C(NC1CCC1)c1ccc(CO)cc1. The number of rotatable bonds is 3. The summed E-state index contributed by atoms with van der Waals surface area (Å²) in [5, 5.41) is 11.8. The summed E-state index contributed by atoms with van der Waals surface area (Å²) in [6, 6.07) is 7.42. The molecule has 0 unspecified atom stereocenters. The molecular formula is C12H15NO2. The van der Waals surface area contributed by atoms with Crippen LogP contribution in [-0.4, -0.2) is 17.1 Å². The lowest BCUT2D eigenvalue weighted by Gasteiger charge is -2.26. The van der Waals surface area contributed by atoms with Crippen molar-refractivity contribution in [2.45, 2.75) is 31.9 Å². The van der Waals surface area contributed by atoms with Crippen LogP contribution in [-0.2, 0) is 6.61 Å². The van der Waals surface area contributed by atoms with Crippen LogP contribution in [0.2, 0.25) is 0 Å². The molecule has 0 radical (unpaired) electrons. The number of aliphatic hydroxyl groups excluding tert-OH is 1. The molecule has 1 aromatic rings. The van der Waals surface area contributed by atoms with Gasteiger partial charge < -0.3 is 10.4 Å². The standard InChI is InChI=1S/C12H15NO2/c14-8-9-4-6-10(7-5-9)12(15)13-11-2-1-3-11/h4-7,11,14H,1-3,8H2,(H,13,15). The summed E-state index contributed by atoms with van der Waals surface area (Å²) in [5.41, 5.74) is 1.49. The summed E-state index contributed by atoms with van der Waals surface area (Å²) in [6.45, 7) is 0.0184. The number of amides is 1. The topological polar surface area (TPSA) is 49.3 Å². The second kappa shape index (κ2) is 4.45. The number of hydrogen-bond acceptors (Lipinski definition) is 2. The molecule has 1 aliphatic carbocycles. The van der Waals surface area contributed by atoms with Crippen molar-refractivity contribution in [2.24, 2.45) is 0 Å². The van der Waals surface area contributed by atoms with Crippen LogP contribution in [0.1, 0.15) is 35.2 Å². The number of benzene rings is 1. The summed E-state index contributed by atoms with van der Waals surface area (Å²) in [6.07, 6.45) is 3.41. The van der Waals surface area contributed by atoms with Crippen molar-refractivity contribution in [3.8, 4) is 0 Å². The maximum absolute atomic E-state index is 11.7. The third-order valence-corrected chi connectivity index (χ3v) is 2.84. The van der Waals surface area contributed by atoms with Crippen LogP contribution in [0.25, 0.3) is 0 Å². The number of carbonyl (C=O) groups excluding carboxylic acids is 1. The quantitative estimate of drug-likeness (QED) is 0.785. The average Bonchev–Trinajstić information content (AvgIpc) is 2.23. The third kappa shape index (κ3) is 2.36. The number of aliphatic hydroxyl groups is 1. The van der Waals surface area contributed by atoms with Crippen LogP contribution in [0.15, 0.2) is 24.3 Å². The van der Waals surface area contributed by atoms with E-state index in [-0.39, 0.29) is 12.5 Å². The van der Waals surface area contributed by atoms with E-state index < -0.39 is 0 Å². The normalized spacial score (nSPS) is 15.8. The van der Waals surface area contributed by atoms with Crippen molar-refractivity contribution in [1.29, 1.82) is 0 Å². The van der Waals surface area contributed by atoms with Gasteiger partial charge in [-0.05, 0) is 37.0 Å². The molecule has 1 aromatic carbocycles. The van der Waals surface area contributed by atoms with Crippen LogP contribution in [0.3, 0.4) is 0 Å². The second-order valence-electron chi connectivity index (χ2n) is 3.96. The molecule has 0 aromatic heterocycles. The van der Waals surface area contributed by atoms with Crippen LogP contribution in [0, 0.1) is 0 Å². The van der Waals surface area contributed by atoms with Gasteiger partial charge in [-0.2, -0.15) is 0 Å². The Hall–Kier alpha value is -1.35. The smallest absolute Gasteiger partial charge is 0.251 e. The molecule has 0 bridgehead atoms. The van der Waals surface area contributed by atoms with Gasteiger partial charge in [0.05, 0.1) is 6.61 Å². The molecule has 2 rings (SSSR count). The minimum atomic E-state index is -0.0100. The summed E-state index contributed by atoms with van der Waals surface area (Å²) >= 11 is 0. The summed E-state index contributed by atoms with van der Waals surface area (Å²) in [5.74, 6) is -0.0100. The van der Waals surface area contributed by atoms with Gasteiger partial charge in [-0.1, -0.05) is 12.1 Å². The minimum Gasteiger partial charge on any atom is -0.392 e. The van der Waals surface area contributed by atoms with E-state index in [0.717, 1.165) is 18.4 Å². The first kappa shape index (κ1) is 10.2. The molecule has 1 aliphatic rings. The van der Waals surface area contributed by atoms with Gasteiger partial charge in [-0.15, -0.1) is 0 Å². The van der Waals surface area contributed by atoms with E-state index in [2.05, 4.69) is 5.32 Å². The molecule has 2 N–H and O–H groups in total. The lowest BCUT2D eigenvalue weighted by atomic mass is 9.93. The zero-order valence-electron chi connectivity index (χ0n) is 8.57. The monoisotopic (exact) mass is 205 g/mol. The van der Waals surface area contributed by atoms with E-state index >= 15 is 0 Å². The average molecular weight is 205 g/mol. The largest absolute Gasteiger partial charge is 0.392 e. The number of hydrogen-bond donors (Lipinski definition) is 2. The molecule has 3 heteroatoms. The Labute approximate surface area is 89.1 Å². The Morgan fingerprint density at radius 1 is 1.33 bits per heavy atom. The Bertz CT molecular complexity index is 341. The molecule has 1 amide bonds. The first-order chi connectivity index (χ1) is 7.29. The first-order valence-electron chi connectivity index (χ1n) is 5.30. The molecule has 0 spiro atoms. The molecule has 1 saturated carbocycles. The Morgan fingerprint density at radius 2 is 2.00 bits per heavy atom. The van der Waals surface area contributed by atoms with Gasteiger partial charge in [0.2, 0.25) is 0 Å². The number of nitrogens with one attached hydrogen (secondary N) is 1. The van der Waals surface area contributed by atoms with Gasteiger partial charge >= 0.3 is 0 Å². The Balaban J connectivity index is 1.98. The third-order valence-electron chi connectivity index (χ3n) is 2.84. The first-order valence-corrected chi connectivity index (χ1v) is 5.30. The lowest BCUT2D eigenvalue weighted by Crippen LogP contribution is -2.39. The molecule has 3 nitrogen and oxygen atoms in total. The van der Waals surface area contributed by atoms with E-state index in [1.807, 2.05) is 0 Å². The van der Waals surface area contributed by atoms with Gasteiger partial charge in [0.25, 0.3) is 5.91 Å². The van der Waals surface area contributed by atoms with Crippen molar-refractivity contribution in [3.05, 3.63) is 35.4 Å². The predicted molar refractivity (Wildman–Crippen MR) is 57.5 cm³/mol. The van der Waals surface area contributed by atoms with Crippen LogP contribution < -0.4 is 5.32 Å². The van der Waals surface area contributed by atoms with Crippen molar-refractivity contribution in [2.75, 3.05) is 0 Å². The fourth-order valence-corrected chi connectivity index (χ4v) is 1.58. The van der Waals surface area contributed by atoms with Crippen LogP contribution >= 0.6 is 0 Å². The van der Waals surface area contributed by atoms with Crippen molar-refractivity contribution in [1.82, 2.24) is 5.32 Å². The number of carbonyl (C=O) groups is 1. The molecule has 0 aliphatic heterocycles. The van der Waals surface area contributed by atoms with Gasteiger partial charge in [0.1, 0.15) is 0 Å². The highest BCUT2D eigenvalue weighted by Crippen LogP contribution is 2.18. The fourth-order valence-electron chi connectivity index (χ4n) is 1.58. The highest BCUT2D eigenvalue weighted by molar-refractivity contribution is 5.94. The van der Waals surface area contributed by atoms with Crippen molar-refractivity contribution < 1.29 is 9.90 Å². The van der Waals surface area contributed by atoms with Gasteiger partial charge in [-0.25, -0.2) is 0 Å². The Kier molecular flexibility index (Phi) is 3.02. The van der Waals surface area contributed by atoms with Crippen LogP contribution in [0.5, 0.6) is 0 Å². The van der Waals surface area contributed by atoms with E-state index in [9.17, 15) is 4.79 Å². The van der Waals surface area contributed by atoms with Crippen molar-refractivity contribution >= 4 is 5.91 Å². The maximum atomic E-state index is 11.7. The van der Waals surface area contributed by atoms with Crippen LogP contribution in [0.4, 0.5) is 0 Å². The van der Waals surface area contributed by atoms with E-state index in [0.29, 0.717) is 11.6 Å². The zero-order valence-corrected chi connectivity index (χ0v) is 8.57. The van der Waals surface area contributed by atoms with Gasteiger partial charge in [0.15, 0.2) is 0 Å². The minimum absolute atomic E-state index is 0.0100. The highest BCUT2D eigenvalue weighted by atomic mass is 16.3. The molecule has 0 atom stereocenters. The molecule has 15 heavy (non-hydrogen) atoms. The summed E-state index contributed by atoms with van der Waals surface area (Å²) < 4.78 is 0. The summed E-state index contributed by atoms with van der Waals surface area (Å²) in [7, 11) is 0. The molecule has 0 saturated heterocycles. The highest BCUT2D eigenvalue weighted by Gasteiger charge is 2.19. The van der Waals surface area contributed by atoms with E-state index in [4.69, 9.17) is 5.11 Å². The van der Waals surface area contributed by atoms with Gasteiger partial charge in [-0.3, -0.25) is 4.79 Å². The molecular weight excluding hydrogens is 190 g/mol. The zero-order chi connectivity index (χ0) is 10.7. The molecule has 0 heterocycles. The fraction of sp³-hybridized carbons (Fsp3) is 0.417. The van der Waals surface area contributed by atoms with E-state index in [1.54, 1.807) is 24.3 Å². The summed E-state index contributed by atoms with van der Waals surface area (Å²) in [4.78, 5) is 11.7. The molecule has 80 valence electrons. The van der Waals surface area contributed by atoms with Crippen molar-refractivity contribution in [3.63, 3.8) is 0 Å². The Morgan fingerprint density at radius 3 is 2.47 bits per heavy atom. The van der Waals surface area contributed by atoms with E-state index in [1.165, 1.54) is 6.42 Å².